The highest BCUT2D eigenvalue weighted by molar-refractivity contribution is 7.11. The normalized spacial score (nSPS) is 13.1. The predicted molar refractivity (Wildman–Crippen MR) is 105 cm³/mol. The van der Waals surface area contributed by atoms with Crippen molar-refractivity contribution < 1.29 is 23.0 Å². The lowest BCUT2D eigenvalue weighted by atomic mass is 10.1. The fraction of sp³-hybridized carbons (Fsp3) is 0.300. The number of thiazole rings is 1. The number of primary amides is 1. The Bertz CT molecular complexity index is 922. The Morgan fingerprint density at radius 3 is 2.71 bits per heavy atom. The maximum atomic E-state index is 14.3. The van der Waals surface area contributed by atoms with Gasteiger partial charge in [0, 0.05) is 12.0 Å². The van der Waals surface area contributed by atoms with Crippen LogP contribution in [0.25, 0.3) is 5.57 Å². The minimum absolute atomic E-state index is 0.0263. The van der Waals surface area contributed by atoms with Crippen LogP contribution in [0.2, 0.25) is 0 Å². The lowest BCUT2D eigenvalue weighted by Crippen LogP contribution is -2.16. The monoisotopic (exact) mass is 408 g/mol. The van der Waals surface area contributed by atoms with E-state index in [0.29, 0.717) is 5.01 Å². The van der Waals surface area contributed by atoms with Gasteiger partial charge in [-0.25, -0.2) is 13.8 Å². The summed E-state index contributed by atoms with van der Waals surface area (Å²) >= 11 is 1.41. The average Bonchev–Trinajstić information content (AvgIpc) is 3.01. The van der Waals surface area contributed by atoms with E-state index >= 15 is 0 Å². The number of ether oxygens (including phenoxy) is 2. The van der Waals surface area contributed by atoms with Crippen LogP contribution in [0.5, 0.6) is 5.75 Å². The van der Waals surface area contributed by atoms with Crippen LogP contribution in [0, 0.1) is 18.6 Å². The molecule has 0 aliphatic heterocycles. The fourth-order valence-electron chi connectivity index (χ4n) is 2.42. The van der Waals surface area contributed by atoms with Crippen LogP contribution >= 0.6 is 11.3 Å². The van der Waals surface area contributed by atoms with Gasteiger partial charge in [-0.15, -0.1) is 11.3 Å². The van der Waals surface area contributed by atoms with E-state index in [2.05, 4.69) is 4.98 Å². The highest BCUT2D eigenvalue weighted by atomic mass is 32.1. The van der Waals surface area contributed by atoms with Crippen LogP contribution in [-0.4, -0.2) is 24.1 Å². The van der Waals surface area contributed by atoms with Crippen molar-refractivity contribution in [2.45, 2.75) is 33.5 Å². The number of allylic oxidation sites excluding steroid dienone is 3. The zero-order valence-electron chi connectivity index (χ0n) is 16.1. The summed E-state index contributed by atoms with van der Waals surface area (Å²) in [4.78, 5) is 16.7. The summed E-state index contributed by atoms with van der Waals surface area (Å²) in [5, 5.41) is 0.615. The SMILES string of the molecule is C/C=C(\C=C/C(C)OC)c1nc(COc2ccc(F)c(C(N)=O)c2F)sc1C. The molecule has 1 unspecified atom stereocenters. The largest absolute Gasteiger partial charge is 0.483 e. The molecule has 0 spiro atoms. The van der Waals surface area contributed by atoms with Gasteiger partial charge in [-0.3, -0.25) is 4.79 Å². The number of rotatable bonds is 8. The number of carbonyl (C=O) groups excluding carboxylic acids is 1. The van der Waals surface area contributed by atoms with Gasteiger partial charge in [0.25, 0.3) is 5.91 Å². The number of hydrogen-bond donors (Lipinski definition) is 1. The third-order valence-electron chi connectivity index (χ3n) is 4.00. The number of aromatic nitrogens is 1. The van der Waals surface area contributed by atoms with E-state index in [1.165, 1.54) is 11.3 Å². The molecule has 2 N–H and O–H groups in total. The van der Waals surface area contributed by atoms with E-state index in [1.54, 1.807) is 7.11 Å². The number of methoxy groups -OCH3 is 1. The number of nitrogens with zero attached hydrogens (tertiary/aromatic N) is 1. The van der Waals surface area contributed by atoms with Gasteiger partial charge >= 0.3 is 0 Å². The topological polar surface area (TPSA) is 74.4 Å². The number of halogens is 2. The van der Waals surface area contributed by atoms with Crippen LogP contribution in [0.1, 0.15) is 39.8 Å². The molecule has 28 heavy (non-hydrogen) atoms. The smallest absolute Gasteiger partial charge is 0.254 e. The molecule has 0 saturated heterocycles. The van der Waals surface area contributed by atoms with Crippen LogP contribution in [-0.2, 0) is 11.3 Å². The number of aryl methyl sites for hydroxylation is 1. The quantitative estimate of drug-likeness (QED) is 0.657. The van der Waals surface area contributed by atoms with E-state index in [1.807, 2.05) is 39.0 Å². The molecule has 0 radical (unpaired) electrons. The Morgan fingerprint density at radius 2 is 2.11 bits per heavy atom. The summed E-state index contributed by atoms with van der Waals surface area (Å²) in [6, 6.07) is 2.06. The molecule has 2 rings (SSSR count). The Hall–Kier alpha value is -2.58. The lowest BCUT2D eigenvalue weighted by Gasteiger charge is -2.08. The molecule has 8 heteroatoms. The minimum Gasteiger partial charge on any atom is -0.483 e. The van der Waals surface area contributed by atoms with Crippen molar-refractivity contribution >= 4 is 22.8 Å². The third-order valence-corrected chi connectivity index (χ3v) is 4.94. The van der Waals surface area contributed by atoms with E-state index in [4.69, 9.17) is 15.2 Å². The number of carbonyl (C=O) groups is 1. The second-order valence-corrected chi connectivity index (χ2v) is 7.23. The standard InChI is InChI=1S/C20H22F2N2O3S/c1-5-13(7-6-11(2)26-4)19-12(3)28-16(24-19)10-27-15-9-8-14(21)17(18(15)22)20(23)25/h5-9,11H,10H2,1-4H3,(H2,23,25)/b7-6-,13-5+. The molecule has 0 saturated carbocycles. The molecule has 0 fully saturated rings. The van der Waals surface area contributed by atoms with Crippen molar-refractivity contribution in [1.82, 2.24) is 4.98 Å². The Balaban J connectivity index is 2.20. The molecular formula is C20H22F2N2O3S. The van der Waals surface area contributed by atoms with Crippen LogP contribution < -0.4 is 10.5 Å². The maximum absolute atomic E-state index is 14.3. The molecule has 0 aliphatic carbocycles. The molecule has 1 atom stereocenters. The zero-order chi connectivity index (χ0) is 20.8. The van der Waals surface area contributed by atoms with Crippen LogP contribution in [0.15, 0.2) is 30.4 Å². The molecular weight excluding hydrogens is 386 g/mol. The molecule has 5 nitrogen and oxygen atoms in total. The second-order valence-electron chi connectivity index (χ2n) is 5.94. The maximum Gasteiger partial charge on any atom is 0.254 e. The van der Waals surface area contributed by atoms with Crippen molar-refractivity contribution in [1.29, 1.82) is 0 Å². The Kier molecular flexibility index (Phi) is 7.42. The molecule has 0 bridgehead atoms. The molecule has 1 heterocycles. The van der Waals surface area contributed by atoms with Gasteiger partial charge in [-0.05, 0) is 38.5 Å². The summed E-state index contributed by atoms with van der Waals surface area (Å²) in [6.07, 6.45) is 5.76. The molecule has 150 valence electrons. The summed E-state index contributed by atoms with van der Waals surface area (Å²) in [7, 11) is 1.63. The predicted octanol–water partition coefficient (Wildman–Crippen LogP) is 4.40. The van der Waals surface area contributed by atoms with Gasteiger partial charge in [0.1, 0.15) is 23.0 Å². The van der Waals surface area contributed by atoms with Crippen LogP contribution in [0.3, 0.4) is 0 Å². The van der Waals surface area contributed by atoms with Crippen molar-refractivity contribution in [2.75, 3.05) is 7.11 Å². The minimum atomic E-state index is -1.19. The van der Waals surface area contributed by atoms with Gasteiger partial charge < -0.3 is 15.2 Å². The lowest BCUT2D eigenvalue weighted by molar-refractivity contribution is 0.0991. The summed E-state index contributed by atoms with van der Waals surface area (Å²) < 4.78 is 38.4. The highest BCUT2D eigenvalue weighted by Crippen LogP contribution is 2.28. The second kappa shape index (κ2) is 9.57. The first kappa shape index (κ1) is 21.7. The van der Waals surface area contributed by atoms with Crippen LogP contribution in [0.4, 0.5) is 8.78 Å². The molecule has 1 aromatic heterocycles. The van der Waals surface area contributed by atoms with Gasteiger partial charge in [0.2, 0.25) is 0 Å². The van der Waals surface area contributed by atoms with Gasteiger partial charge in [0.05, 0.1) is 11.8 Å². The Labute approximate surface area is 166 Å². The number of amides is 1. The summed E-state index contributed by atoms with van der Waals surface area (Å²) in [6.45, 7) is 5.73. The zero-order valence-corrected chi connectivity index (χ0v) is 16.9. The fourth-order valence-corrected chi connectivity index (χ4v) is 3.29. The van der Waals surface area contributed by atoms with E-state index in [9.17, 15) is 13.6 Å². The average molecular weight is 408 g/mol. The first-order chi connectivity index (χ1) is 13.3. The van der Waals surface area contributed by atoms with E-state index in [0.717, 1.165) is 28.3 Å². The third kappa shape index (κ3) is 5.02. The number of hydrogen-bond acceptors (Lipinski definition) is 5. The summed E-state index contributed by atoms with van der Waals surface area (Å²) in [5.41, 5.74) is 5.92. The number of benzene rings is 1. The molecule has 1 aromatic carbocycles. The van der Waals surface area contributed by atoms with Gasteiger partial charge in [0.15, 0.2) is 11.6 Å². The highest BCUT2D eigenvalue weighted by Gasteiger charge is 2.20. The number of nitrogens with two attached hydrogens (primary N) is 1. The van der Waals surface area contributed by atoms with Crippen molar-refractivity contribution in [3.63, 3.8) is 0 Å². The van der Waals surface area contributed by atoms with Gasteiger partial charge in [-0.2, -0.15) is 0 Å². The molecule has 2 aromatic rings. The first-order valence-corrected chi connectivity index (χ1v) is 9.34. The Morgan fingerprint density at radius 1 is 1.39 bits per heavy atom. The van der Waals surface area contributed by atoms with E-state index in [-0.39, 0.29) is 18.5 Å². The van der Waals surface area contributed by atoms with Gasteiger partial charge in [-0.1, -0.05) is 18.2 Å². The first-order valence-electron chi connectivity index (χ1n) is 8.53. The van der Waals surface area contributed by atoms with Crippen molar-refractivity contribution in [3.05, 3.63) is 63.1 Å². The molecule has 1 amide bonds. The van der Waals surface area contributed by atoms with E-state index < -0.39 is 23.1 Å². The molecule has 0 aliphatic rings. The summed E-state index contributed by atoms with van der Waals surface area (Å²) in [5.74, 6) is -3.60. The van der Waals surface area contributed by atoms with Crippen molar-refractivity contribution in [3.8, 4) is 5.75 Å². The van der Waals surface area contributed by atoms with Crippen molar-refractivity contribution in [2.24, 2.45) is 5.73 Å².